The molecule has 0 aliphatic carbocycles. The zero-order valence-electron chi connectivity index (χ0n) is 11.7. The second kappa shape index (κ2) is 6.72. The lowest BCUT2D eigenvalue weighted by molar-refractivity contribution is -0.143. The number of methoxy groups -OCH3 is 1. The number of nitrogens with zero attached hydrogens (tertiary/aromatic N) is 1. The van der Waals surface area contributed by atoms with Gasteiger partial charge in [-0.2, -0.15) is 0 Å². The van der Waals surface area contributed by atoms with Crippen molar-refractivity contribution in [3.8, 4) is 5.75 Å². The molecule has 1 aromatic rings. The molecule has 1 unspecified atom stereocenters. The van der Waals surface area contributed by atoms with Gasteiger partial charge in [-0.25, -0.2) is 0 Å². The highest BCUT2D eigenvalue weighted by Crippen LogP contribution is 2.26. The van der Waals surface area contributed by atoms with Gasteiger partial charge in [0.05, 0.1) is 19.1 Å². The van der Waals surface area contributed by atoms with Crippen LogP contribution < -0.4 is 4.74 Å². The number of aliphatic hydroxyl groups is 1. The molecule has 1 heterocycles. The maximum Gasteiger partial charge on any atom is 0.306 e. The summed E-state index contributed by atoms with van der Waals surface area (Å²) in [7, 11) is 1.59. The van der Waals surface area contributed by atoms with Crippen LogP contribution in [0.4, 0.5) is 0 Å². The first-order valence-electron chi connectivity index (χ1n) is 6.88. The van der Waals surface area contributed by atoms with Crippen molar-refractivity contribution in [3.05, 3.63) is 29.8 Å². The van der Waals surface area contributed by atoms with Gasteiger partial charge in [0, 0.05) is 12.1 Å². The van der Waals surface area contributed by atoms with E-state index in [1.54, 1.807) is 7.11 Å². The van der Waals surface area contributed by atoms with Crippen LogP contribution in [0.3, 0.4) is 0 Å². The smallest absolute Gasteiger partial charge is 0.306 e. The summed E-state index contributed by atoms with van der Waals surface area (Å²) in [5.74, 6) is -0.273. The number of β-amino-alcohol motifs (C(OH)–C–C–N with tert-alkyl or cyclic N) is 1. The lowest BCUT2D eigenvalue weighted by Gasteiger charge is -2.31. The Balaban J connectivity index is 1.92. The van der Waals surface area contributed by atoms with Gasteiger partial charge in [0.15, 0.2) is 0 Å². The van der Waals surface area contributed by atoms with Crippen molar-refractivity contribution in [2.75, 3.05) is 26.7 Å². The van der Waals surface area contributed by atoms with Gasteiger partial charge >= 0.3 is 5.97 Å². The molecule has 0 amide bonds. The van der Waals surface area contributed by atoms with Crippen LogP contribution in [-0.4, -0.2) is 47.8 Å². The lowest BCUT2D eigenvalue weighted by atomic mass is 9.96. The molecule has 1 atom stereocenters. The number of aliphatic carboxylic acids is 1. The number of para-hydroxylation sites is 1. The molecule has 0 bridgehead atoms. The van der Waals surface area contributed by atoms with Gasteiger partial charge in [-0.15, -0.1) is 0 Å². The lowest BCUT2D eigenvalue weighted by Crippen LogP contribution is -2.38. The topological polar surface area (TPSA) is 70.0 Å². The molecule has 110 valence electrons. The van der Waals surface area contributed by atoms with E-state index in [0.717, 1.165) is 5.56 Å². The van der Waals surface area contributed by atoms with E-state index in [-0.39, 0.29) is 5.92 Å². The normalized spacial score (nSPS) is 18.7. The SMILES string of the molecule is COc1ccccc1C(O)CN1CCC(C(=O)O)CC1. The second-order valence-corrected chi connectivity index (χ2v) is 5.17. The molecule has 1 fully saturated rings. The number of carboxylic acids is 1. The summed E-state index contributed by atoms with van der Waals surface area (Å²) in [4.78, 5) is 13.0. The summed E-state index contributed by atoms with van der Waals surface area (Å²) in [5.41, 5.74) is 0.773. The molecule has 1 saturated heterocycles. The van der Waals surface area contributed by atoms with Crippen molar-refractivity contribution < 1.29 is 19.7 Å². The summed E-state index contributed by atoms with van der Waals surface area (Å²) >= 11 is 0. The van der Waals surface area contributed by atoms with Gasteiger partial charge in [-0.3, -0.25) is 4.79 Å². The van der Waals surface area contributed by atoms with Gasteiger partial charge in [-0.05, 0) is 32.0 Å². The highest BCUT2D eigenvalue weighted by atomic mass is 16.5. The van der Waals surface area contributed by atoms with Crippen molar-refractivity contribution in [2.45, 2.75) is 18.9 Å². The fraction of sp³-hybridized carbons (Fsp3) is 0.533. The van der Waals surface area contributed by atoms with Crippen LogP contribution in [0.2, 0.25) is 0 Å². The van der Waals surface area contributed by atoms with Crippen LogP contribution >= 0.6 is 0 Å². The van der Waals surface area contributed by atoms with Crippen LogP contribution in [0, 0.1) is 5.92 Å². The summed E-state index contributed by atoms with van der Waals surface area (Å²) in [6.45, 7) is 1.93. The molecular weight excluding hydrogens is 258 g/mol. The van der Waals surface area contributed by atoms with Crippen molar-refractivity contribution in [2.24, 2.45) is 5.92 Å². The standard InChI is InChI=1S/C15H21NO4/c1-20-14-5-3-2-4-12(14)13(17)10-16-8-6-11(7-9-16)15(18)19/h2-5,11,13,17H,6-10H2,1H3,(H,18,19). The van der Waals surface area contributed by atoms with Crippen LogP contribution in [0.25, 0.3) is 0 Å². The second-order valence-electron chi connectivity index (χ2n) is 5.17. The zero-order valence-corrected chi connectivity index (χ0v) is 11.7. The Morgan fingerprint density at radius 3 is 2.65 bits per heavy atom. The van der Waals surface area contributed by atoms with E-state index in [1.807, 2.05) is 24.3 Å². The van der Waals surface area contributed by atoms with Crippen molar-refractivity contribution >= 4 is 5.97 Å². The minimum atomic E-state index is -0.713. The predicted octanol–water partition coefficient (Wildman–Crippen LogP) is 1.53. The molecule has 1 aliphatic rings. The number of carbonyl (C=O) groups is 1. The third kappa shape index (κ3) is 3.49. The van der Waals surface area contributed by atoms with Gasteiger partial charge in [0.1, 0.15) is 5.75 Å². The van der Waals surface area contributed by atoms with E-state index in [1.165, 1.54) is 0 Å². The average molecular weight is 279 g/mol. The maximum absolute atomic E-state index is 10.9. The fourth-order valence-electron chi connectivity index (χ4n) is 2.65. The van der Waals surface area contributed by atoms with Crippen LogP contribution in [0.15, 0.2) is 24.3 Å². The molecule has 5 nitrogen and oxygen atoms in total. The van der Waals surface area contributed by atoms with E-state index in [2.05, 4.69) is 4.90 Å². The summed E-state index contributed by atoms with van der Waals surface area (Å²) in [6, 6.07) is 7.42. The molecule has 20 heavy (non-hydrogen) atoms. The zero-order chi connectivity index (χ0) is 14.5. The average Bonchev–Trinajstić information content (AvgIpc) is 2.47. The van der Waals surface area contributed by atoms with Crippen molar-refractivity contribution in [1.29, 1.82) is 0 Å². The number of likely N-dealkylation sites (tertiary alicyclic amines) is 1. The van der Waals surface area contributed by atoms with Gasteiger partial charge in [0.2, 0.25) is 0 Å². The molecule has 0 saturated carbocycles. The van der Waals surface area contributed by atoms with E-state index in [9.17, 15) is 9.90 Å². The monoisotopic (exact) mass is 279 g/mol. The first kappa shape index (κ1) is 14.8. The number of carboxylic acid groups (broad SMARTS) is 1. The molecule has 5 heteroatoms. The molecule has 2 N–H and O–H groups in total. The third-order valence-corrected chi connectivity index (χ3v) is 3.87. The third-order valence-electron chi connectivity index (χ3n) is 3.87. The maximum atomic E-state index is 10.9. The fourth-order valence-corrected chi connectivity index (χ4v) is 2.65. The number of hydrogen-bond acceptors (Lipinski definition) is 4. The minimum Gasteiger partial charge on any atom is -0.496 e. The molecule has 1 aliphatic heterocycles. The highest BCUT2D eigenvalue weighted by Gasteiger charge is 2.26. The van der Waals surface area contributed by atoms with Crippen molar-refractivity contribution in [3.63, 3.8) is 0 Å². The van der Waals surface area contributed by atoms with Gasteiger partial charge < -0.3 is 19.8 Å². The minimum absolute atomic E-state index is 0.241. The molecule has 0 spiro atoms. The number of aliphatic hydroxyl groups excluding tert-OH is 1. The summed E-state index contributed by atoms with van der Waals surface area (Å²) in [5, 5.41) is 19.3. The first-order valence-corrected chi connectivity index (χ1v) is 6.88. The number of benzene rings is 1. The quantitative estimate of drug-likeness (QED) is 0.855. The molecule has 2 rings (SSSR count). The number of piperidine rings is 1. The van der Waals surface area contributed by atoms with E-state index >= 15 is 0 Å². The van der Waals surface area contributed by atoms with Gasteiger partial charge in [0.25, 0.3) is 0 Å². The molecule has 1 aromatic carbocycles. The van der Waals surface area contributed by atoms with Crippen LogP contribution in [0.5, 0.6) is 5.75 Å². The van der Waals surface area contributed by atoms with E-state index in [4.69, 9.17) is 9.84 Å². The molecule has 0 aromatic heterocycles. The first-order chi connectivity index (χ1) is 9.61. The Morgan fingerprint density at radius 2 is 2.05 bits per heavy atom. The molecule has 0 radical (unpaired) electrons. The Bertz CT molecular complexity index is 455. The predicted molar refractivity (Wildman–Crippen MR) is 74.8 cm³/mol. The number of ether oxygens (including phenoxy) is 1. The number of hydrogen-bond donors (Lipinski definition) is 2. The van der Waals surface area contributed by atoms with Crippen molar-refractivity contribution in [1.82, 2.24) is 4.90 Å². The summed E-state index contributed by atoms with van der Waals surface area (Å²) in [6.07, 6.45) is 0.676. The Hall–Kier alpha value is -1.59. The van der Waals surface area contributed by atoms with Gasteiger partial charge in [-0.1, -0.05) is 18.2 Å². The number of rotatable bonds is 5. The largest absolute Gasteiger partial charge is 0.496 e. The Labute approximate surface area is 118 Å². The van der Waals surface area contributed by atoms with E-state index < -0.39 is 12.1 Å². The Morgan fingerprint density at radius 1 is 1.40 bits per heavy atom. The Kier molecular flexibility index (Phi) is 4.98. The van der Waals surface area contributed by atoms with Crippen LogP contribution in [-0.2, 0) is 4.79 Å². The molecular formula is C15H21NO4. The van der Waals surface area contributed by atoms with E-state index in [0.29, 0.717) is 38.2 Å². The highest BCUT2D eigenvalue weighted by molar-refractivity contribution is 5.70. The van der Waals surface area contributed by atoms with Crippen LogP contribution in [0.1, 0.15) is 24.5 Å². The summed E-state index contributed by atoms with van der Waals surface area (Å²) < 4.78 is 5.25.